The Bertz CT molecular complexity index is 964. The van der Waals surface area contributed by atoms with E-state index < -0.39 is 0 Å². The maximum absolute atomic E-state index is 9.40. The van der Waals surface area contributed by atoms with Gasteiger partial charge in [0.25, 0.3) is 0 Å². The van der Waals surface area contributed by atoms with Gasteiger partial charge in [-0.1, -0.05) is 12.1 Å². The summed E-state index contributed by atoms with van der Waals surface area (Å²) in [7, 11) is 2.17. The zero-order chi connectivity index (χ0) is 20.9. The first-order chi connectivity index (χ1) is 14.6. The summed E-state index contributed by atoms with van der Waals surface area (Å²) in [5.41, 5.74) is 4.48. The molecule has 0 unspecified atom stereocenters. The number of nitrogens with zero attached hydrogens (tertiary/aromatic N) is 4. The van der Waals surface area contributed by atoms with Gasteiger partial charge in [-0.3, -0.25) is 0 Å². The summed E-state index contributed by atoms with van der Waals surface area (Å²) in [6.07, 6.45) is 2.73. The van der Waals surface area contributed by atoms with Crippen molar-refractivity contribution in [1.29, 1.82) is 0 Å². The topological polar surface area (TPSA) is 64.5 Å². The average molecular weight is 404 g/mol. The monoisotopic (exact) mass is 403 g/mol. The molecule has 3 aromatic rings. The second-order valence-corrected chi connectivity index (χ2v) is 7.91. The van der Waals surface area contributed by atoms with E-state index in [1.807, 2.05) is 25.3 Å². The van der Waals surface area contributed by atoms with Gasteiger partial charge >= 0.3 is 0 Å². The molecule has 156 valence electrons. The number of phenolic OH excluding ortho intramolecular Hbond substituents is 1. The summed E-state index contributed by atoms with van der Waals surface area (Å²) >= 11 is 0. The first kappa shape index (κ1) is 20.2. The molecule has 0 aliphatic carbocycles. The Labute approximate surface area is 178 Å². The van der Waals surface area contributed by atoms with Gasteiger partial charge in [0, 0.05) is 55.7 Å². The molecule has 0 bridgehead atoms. The lowest BCUT2D eigenvalue weighted by atomic mass is 10.1. The average Bonchev–Trinajstić information content (AvgIpc) is 2.77. The highest BCUT2D eigenvalue weighted by Gasteiger charge is 2.14. The molecular formula is C24H29N5O. The van der Waals surface area contributed by atoms with Gasteiger partial charge in [0.15, 0.2) is 5.82 Å². The number of phenols is 1. The highest BCUT2D eigenvalue weighted by molar-refractivity contribution is 5.62. The summed E-state index contributed by atoms with van der Waals surface area (Å²) in [5, 5.41) is 12.8. The van der Waals surface area contributed by atoms with E-state index in [9.17, 15) is 5.11 Å². The maximum atomic E-state index is 9.40. The summed E-state index contributed by atoms with van der Waals surface area (Å²) in [6, 6.07) is 15.9. The van der Waals surface area contributed by atoms with E-state index in [0.29, 0.717) is 5.75 Å². The van der Waals surface area contributed by atoms with Crippen molar-refractivity contribution in [3.05, 3.63) is 65.9 Å². The number of likely N-dealkylation sites (N-methyl/N-ethyl adjacent to an activating group) is 1. The van der Waals surface area contributed by atoms with Crippen LogP contribution in [0.3, 0.4) is 0 Å². The van der Waals surface area contributed by atoms with E-state index in [1.165, 1.54) is 11.3 Å². The molecule has 1 aliphatic heterocycles. The molecule has 0 amide bonds. The number of hydrogen-bond donors (Lipinski definition) is 2. The zero-order valence-corrected chi connectivity index (χ0v) is 17.7. The van der Waals surface area contributed by atoms with E-state index >= 15 is 0 Å². The number of rotatable bonds is 6. The van der Waals surface area contributed by atoms with Crippen LogP contribution in [-0.4, -0.2) is 59.7 Å². The molecule has 4 rings (SSSR count). The van der Waals surface area contributed by atoms with Crippen molar-refractivity contribution in [2.75, 3.05) is 50.0 Å². The highest BCUT2D eigenvalue weighted by atomic mass is 16.3. The van der Waals surface area contributed by atoms with Gasteiger partial charge in [0.1, 0.15) is 11.6 Å². The minimum absolute atomic E-state index is 0.293. The number of aryl methyl sites for hydroxylation is 1. The largest absolute Gasteiger partial charge is 0.508 e. The van der Waals surface area contributed by atoms with Gasteiger partial charge in [-0.25, -0.2) is 9.97 Å². The van der Waals surface area contributed by atoms with Crippen molar-refractivity contribution in [3.8, 4) is 17.1 Å². The van der Waals surface area contributed by atoms with Crippen LogP contribution in [0.4, 0.5) is 11.5 Å². The van der Waals surface area contributed by atoms with Crippen LogP contribution >= 0.6 is 0 Å². The molecule has 2 heterocycles. The molecule has 0 saturated carbocycles. The van der Waals surface area contributed by atoms with Crippen LogP contribution in [0.1, 0.15) is 11.1 Å². The van der Waals surface area contributed by atoms with Crippen LogP contribution in [0.5, 0.6) is 5.75 Å². The quantitative estimate of drug-likeness (QED) is 0.656. The predicted molar refractivity (Wildman–Crippen MR) is 122 cm³/mol. The second-order valence-electron chi connectivity index (χ2n) is 7.91. The van der Waals surface area contributed by atoms with Gasteiger partial charge in [0.2, 0.25) is 0 Å². The van der Waals surface area contributed by atoms with Gasteiger partial charge in [-0.05, 0) is 62.4 Å². The third-order valence-electron chi connectivity index (χ3n) is 5.61. The molecule has 0 radical (unpaired) electrons. The van der Waals surface area contributed by atoms with Gasteiger partial charge in [-0.15, -0.1) is 0 Å². The number of piperazine rings is 1. The van der Waals surface area contributed by atoms with E-state index in [-0.39, 0.29) is 0 Å². The number of hydrogen-bond acceptors (Lipinski definition) is 6. The SMILES string of the molecule is Cc1cnc(-c2ccc(N3CCN(C)CC3)cc2)nc1NCCc1ccc(O)cc1. The standard InChI is InChI=1S/C24H29N5O/c1-18-17-26-24(27-23(18)25-12-11-19-3-9-22(30)10-4-19)20-5-7-21(8-6-20)29-15-13-28(2)14-16-29/h3-10,17,30H,11-16H2,1-2H3,(H,25,26,27). The first-order valence-electron chi connectivity index (χ1n) is 10.5. The Kier molecular flexibility index (Phi) is 6.14. The van der Waals surface area contributed by atoms with Crippen LogP contribution in [-0.2, 0) is 6.42 Å². The molecule has 30 heavy (non-hydrogen) atoms. The zero-order valence-electron chi connectivity index (χ0n) is 17.7. The number of benzene rings is 2. The Morgan fingerprint density at radius 3 is 2.37 bits per heavy atom. The Morgan fingerprint density at radius 2 is 1.67 bits per heavy atom. The summed E-state index contributed by atoms with van der Waals surface area (Å²) in [6.45, 7) is 7.11. The fourth-order valence-electron chi connectivity index (χ4n) is 3.63. The van der Waals surface area contributed by atoms with Crippen molar-refractivity contribution in [1.82, 2.24) is 14.9 Å². The predicted octanol–water partition coefficient (Wildman–Crippen LogP) is 3.56. The minimum Gasteiger partial charge on any atom is -0.508 e. The maximum Gasteiger partial charge on any atom is 0.161 e. The van der Waals surface area contributed by atoms with Crippen molar-refractivity contribution in [2.24, 2.45) is 0 Å². The number of aromatic nitrogens is 2. The molecule has 0 atom stereocenters. The fourth-order valence-corrected chi connectivity index (χ4v) is 3.63. The smallest absolute Gasteiger partial charge is 0.161 e. The van der Waals surface area contributed by atoms with Gasteiger partial charge in [-0.2, -0.15) is 0 Å². The molecule has 2 N–H and O–H groups in total. The normalized spacial score (nSPS) is 14.7. The van der Waals surface area contributed by atoms with E-state index in [4.69, 9.17) is 4.98 Å². The van der Waals surface area contributed by atoms with Crippen LogP contribution in [0, 0.1) is 6.92 Å². The molecule has 1 saturated heterocycles. The van der Waals surface area contributed by atoms with Gasteiger partial charge < -0.3 is 20.2 Å². The molecule has 1 aromatic heterocycles. The first-order valence-corrected chi connectivity index (χ1v) is 10.5. The third kappa shape index (κ3) is 4.89. The Balaban J connectivity index is 1.41. The van der Waals surface area contributed by atoms with E-state index in [0.717, 1.165) is 61.9 Å². The lowest BCUT2D eigenvalue weighted by Gasteiger charge is -2.34. The van der Waals surface area contributed by atoms with Crippen LogP contribution in [0.15, 0.2) is 54.7 Å². The second kappa shape index (κ2) is 9.13. The molecule has 2 aromatic carbocycles. The third-order valence-corrected chi connectivity index (χ3v) is 5.61. The number of anilines is 2. The van der Waals surface area contributed by atoms with Crippen molar-refractivity contribution >= 4 is 11.5 Å². The minimum atomic E-state index is 0.293. The Morgan fingerprint density at radius 1 is 0.967 bits per heavy atom. The lowest BCUT2D eigenvalue weighted by molar-refractivity contribution is 0.313. The summed E-state index contributed by atoms with van der Waals surface area (Å²) in [4.78, 5) is 14.1. The van der Waals surface area contributed by atoms with Crippen molar-refractivity contribution in [2.45, 2.75) is 13.3 Å². The highest BCUT2D eigenvalue weighted by Crippen LogP contribution is 2.23. The number of nitrogens with one attached hydrogen (secondary N) is 1. The molecule has 0 spiro atoms. The molecular weight excluding hydrogens is 374 g/mol. The summed E-state index contributed by atoms with van der Waals surface area (Å²) in [5.74, 6) is 1.89. The Hall–Kier alpha value is -3.12. The van der Waals surface area contributed by atoms with Gasteiger partial charge in [0.05, 0.1) is 0 Å². The molecule has 6 heteroatoms. The number of aromatic hydroxyl groups is 1. The van der Waals surface area contributed by atoms with Crippen molar-refractivity contribution < 1.29 is 5.11 Å². The fraction of sp³-hybridized carbons (Fsp3) is 0.333. The van der Waals surface area contributed by atoms with Crippen LogP contribution in [0.25, 0.3) is 11.4 Å². The van der Waals surface area contributed by atoms with Crippen LogP contribution < -0.4 is 10.2 Å². The van der Waals surface area contributed by atoms with Crippen molar-refractivity contribution in [3.63, 3.8) is 0 Å². The molecule has 1 fully saturated rings. The summed E-state index contributed by atoms with van der Waals surface area (Å²) < 4.78 is 0. The molecule has 6 nitrogen and oxygen atoms in total. The van der Waals surface area contributed by atoms with Crippen LogP contribution in [0.2, 0.25) is 0 Å². The molecule has 1 aliphatic rings. The lowest BCUT2D eigenvalue weighted by Crippen LogP contribution is -2.44. The van der Waals surface area contributed by atoms with E-state index in [2.05, 4.69) is 51.4 Å². The van der Waals surface area contributed by atoms with E-state index in [1.54, 1.807) is 12.1 Å².